The maximum absolute atomic E-state index is 5.37. The van der Waals surface area contributed by atoms with Crippen molar-refractivity contribution in [2.45, 2.75) is 32.7 Å². The van der Waals surface area contributed by atoms with Crippen LogP contribution in [0, 0.1) is 0 Å². The van der Waals surface area contributed by atoms with E-state index < -0.39 is 0 Å². The van der Waals surface area contributed by atoms with Crippen molar-refractivity contribution in [1.82, 2.24) is 15.0 Å². The van der Waals surface area contributed by atoms with E-state index in [-0.39, 0.29) is 6.04 Å². The van der Waals surface area contributed by atoms with E-state index in [1.165, 1.54) is 11.1 Å². The van der Waals surface area contributed by atoms with Gasteiger partial charge in [0.05, 0.1) is 13.2 Å². The molecule has 0 saturated carbocycles. The summed E-state index contributed by atoms with van der Waals surface area (Å²) < 4.78 is 10.7. The molecule has 0 unspecified atom stereocenters. The van der Waals surface area contributed by atoms with Crippen LogP contribution in [0.15, 0.2) is 34.9 Å². The average Bonchev–Trinajstić information content (AvgIpc) is 3.10. The summed E-state index contributed by atoms with van der Waals surface area (Å²) in [6.45, 7) is 6.02. The number of hydrogen-bond donors (Lipinski definition) is 0. The minimum Gasteiger partial charge on any atom is -0.497 e. The quantitative estimate of drug-likeness (QED) is 0.845. The first-order valence-electron chi connectivity index (χ1n) is 8.11. The molecule has 1 atom stereocenters. The van der Waals surface area contributed by atoms with Gasteiger partial charge in [-0.15, -0.1) is 0 Å². The van der Waals surface area contributed by atoms with Gasteiger partial charge in [0.25, 0.3) is 0 Å². The van der Waals surface area contributed by atoms with Crippen LogP contribution >= 0.6 is 0 Å². The minimum atomic E-state index is 0.144. The van der Waals surface area contributed by atoms with Crippen LogP contribution in [-0.4, -0.2) is 35.2 Å². The summed E-state index contributed by atoms with van der Waals surface area (Å²) >= 11 is 0. The third-order valence-corrected chi connectivity index (χ3v) is 4.39. The highest BCUT2D eigenvalue weighted by atomic mass is 16.5. The van der Waals surface area contributed by atoms with Crippen LogP contribution < -0.4 is 4.74 Å². The Bertz CT molecular complexity index is 693. The normalized spacial score (nSPS) is 16.9. The molecule has 5 nitrogen and oxygen atoms in total. The van der Waals surface area contributed by atoms with Gasteiger partial charge in [0, 0.05) is 19.5 Å². The Morgan fingerprint density at radius 2 is 2.26 bits per heavy atom. The summed E-state index contributed by atoms with van der Waals surface area (Å²) in [7, 11) is 1.70. The van der Waals surface area contributed by atoms with Crippen molar-refractivity contribution in [2.24, 2.45) is 0 Å². The molecule has 2 heterocycles. The first-order chi connectivity index (χ1) is 11.2. The number of nitrogens with zero attached hydrogens (tertiary/aromatic N) is 3. The Balaban J connectivity index is 1.69. The molecule has 1 aliphatic heterocycles. The third-order valence-electron chi connectivity index (χ3n) is 4.39. The number of hydrogen-bond acceptors (Lipinski definition) is 5. The van der Waals surface area contributed by atoms with E-state index in [4.69, 9.17) is 9.26 Å². The largest absolute Gasteiger partial charge is 0.497 e. The molecule has 1 aromatic carbocycles. The lowest BCUT2D eigenvalue weighted by molar-refractivity contribution is 0.189. The fourth-order valence-corrected chi connectivity index (χ4v) is 2.86. The molecule has 122 valence electrons. The second-order valence-electron chi connectivity index (χ2n) is 5.78. The van der Waals surface area contributed by atoms with Crippen molar-refractivity contribution in [3.63, 3.8) is 0 Å². The van der Waals surface area contributed by atoms with E-state index in [1.54, 1.807) is 7.11 Å². The highest BCUT2D eigenvalue weighted by molar-refractivity contribution is 5.67. The summed E-state index contributed by atoms with van der Waals surface area (Å²) in [5, 5.41) is 3.99. The van der Waals surface area contributed by atoms with E-state index in [2.05, 4.69) is 40.2 Å². The summed E-state index contributed by atoms with van der Waals surface area (Å²) in [6, 6.07) is 8.39. The van der Waals surface area contributed by atoms with Gasteiger partial charge in [0.15, 0.2) is 5.82 Å². The SMILES string of the molecule is CCc1noc([C@@H](C)N2CC=C(c3cccc(OC)c3)CC2)n1. The molecule has 23 heavy (non-hydrogen) atoms. The van der Waals surface area contributed by atoms with Crippen molar-refractivity contribution in [3.05, 3.63) is 47.6 Å². The summed E-state index contributed by atoms with van der Waals surface area (Å²) in [5.74, 6) is 2.38. The molecule has 5 heteroatoms. The molecule has 0 aliphatic carbocycles. The van der Waals surface area contributed by atoms with E-state index in [1.807, 2.05) is 19.1 Å². The molecule has 3 rings (SSSR count). The lowest BCUT2D eigenvalue weighted by Crippen LogP contribution is -2.31. The number of benzene rings is 1. The molecule has 1 aromatic heterocycles. The molecule has 2 aromatic rings. The van der Waals surface area contributed by atoms with Gasteiger partial charge in [-0.1, -0.05) is 30.3 Å². The second kappa shape index (κ2) is 6.96. The van der Waals surface area contributed by atoms with E-state index in [9.17, 15) is 0 Å². The zero-order chi connectivity index (χ0) is 16.2. The predicted octanol–water partition coefficient (Wildman–Crippen LogP) is 3.49. The van der Waals surface area contributed by atoms with E-state index in [0.29, 0.717) is 5.89 Å². The Labute approximate surface area is 137 Å². The Morgan fingerprint density at radius 1 is 1.39 bits per heavy atom. The van der Waals surface area contributed by atoms with Crippen molar-refractivity contribution >= 4 is 5.57 Å². The smallest absolute Gasteiger partial charge is 0.243 e. The van der Waals surface area contributed by atoms with Gasteiger partial charge in [-0.2, -0.15) is 4.98 Å². The minimum absolute atomic E-state index is 0.144. The Kier molecular flexibility index (Phi) is 4.76. The fraction of sp³-hybridized carbons (Fsp3) is 0.444. The highest BCUT2D eigenvalue weighted by Crippen LogP contribution is 2.28. The monoisotopic (exact) mass is 313 g/mol. The second-order valence-corrected chi connectivity index (χ2v) is 5.78. The maximum atomic E-state index is 5.37. The molecule has 0 saturated heterocycles. The molecule has 0 spiro atoms. The molecule has 0 N–H and O–H groups in total. The first kappa shape index (κ1) is 15.7. The van der Waals surface area contributed by atoms with Gasteiger partial charge in [-0.3, -0.25) is 4.90 Å². The van der Waals surface area contributed by atoms with Gasteiger partial charge in [-0.05, 0) is 36.6 Å². The van der Waals surface area contributed by atoms with Crippen LogP contribution in [-0.2, 0) is 6.42 Å². The van der Waals surface area contributed by atoms with Crippen molar-refractivity contribution in [2.75, 3.05) is 20.2 Å². The summed E-state index contributed by atoms with van der Waals surface area (Å²) in [5.41, 5.74) is 2.61. The topological polar surface area (TPSA) is 51.4 Å². The summed E-state index contributed by atoms with van der Waals surface area (Å²) in [4.78, 5) is 6.80. The standard InChI is InChI=1S/C18H23N3O2/c1-4-17-19-18(23-20-17)13(2)21-10-8-14(9-11-21)15-6-5-7-16(12-15)22-3/h5-8,12-13H,4,9-11H2,1-3H3/t13-/m1/s1. The number of methoxy groups -OCH3 is 1. The Hall–Kier alpha value is -2.14. The van der Waals surface area contributed by atoms with Crippen molar-refractivity contribution < 1.29 is 9.26 Å². The maximum Gasteiger partial charge on any atom is 0.243 e. The van der Waals surface area contributed by atoms with Gasteiger partial charge >= 0.3 is 0 Å². The molecule has 0 amide bonds. The van der Waals surface area contributed by atoms with Crippen LogP contribution in [0.3, 0.4) is 0 Å². The lowest BCUT2D eigenvalue weighted by atomic mass is 9.98. The van der Waals surface area contributed by atoms with Crippen molar-refractivity contribution in [3.8, 4) is 5.75 Å². The van der Waals surface area contributed by atoms with Gasteiger partial charge in [0.1, 0.15) is 5.75 Å². The lowest BCUT2D eigenvalue weighted by Gasteiger charge is -2.29. The molecular formula is C18H23N3O2. The average molecular weight is 313 g/mol. The van der Waals surface area contributed by atoms with Gasteiger partial charge < -0.3 is 9.26 Å². The zero-order valence-electron chi connectivity index (χ0n) is 14.0. The molecule has 0 radical (unpaired) electrons. The summed E-state index contributed by atoms with van der Waals surface area (Å²) in [6.07, 6.45) is 4.09. The van der Waals surface area contributed by atoms with Crippen LogP contribution in [0.4, 0.5) is 0 Å². The van der Waals surface area contributed by atoms with Crippen LogP contribution in [0.25, 0.3) is 5.57 Å². The molecular weight excluding hydrogens is 290 g/mol. The Morgan fingerprint density at radius 3 is 2.91 bits per heavy atom. The molecule has 0 bridgehead atoms. The van der Waals surface area contributed by atoms with Crippen LogP contribution in [0.1, 0.15) is 43.6 Å². The van der Waals surface area contributed by atoms with Gasteiger partial charge in [0.2, 0.25) is 5.89 Å². The van der Waals surface area contributed by atoms with Crippen LogP contribution in [0.2, 0.25) is 0 Å². The number of ether oxygens (including phenoxy) is 1. The predicted molar refractivity (Wildman–Crippen MR) is 89.3 cm³/mol. The van der Waals surface area contributed by atoms with E-state index >= 15 is 0 Å². The van der Waals surface area contributed by atoms with Crippen LogP contribution in [0.5, 0.6) is 5.75 Å². The number of aryl methyl sites for hydroxylation is 1. The first-order valence-corrected chi connectivity index (χ1v) is 8.11. The third kappa shape index (κ3) is 3.45. The number of aromatic nitrogens is 2. The van der Waals surface area contributed by atoms with E-state index in [0.717, 1.165) is 37.5 Å². The highest BCUT2D eigenvalue weighted by Gasteiger charge is 2.23. The zero-order valence-corrected chi connectivity index (χ0v) is 14.0. The van der Waals surface area contributed by atoms with Gasteiger partial charge in [-0.25, -0.2) is 0 Å². The number of rotatable bonds is 5. The molecule has 1 aliphatic rings. The molecule has 0 fully saturated rings. The van der Waals surface area contributed by atoms with Crippen molar-refractivity contribution in [1.29, 1.82) is 0 Å². The fourth-order valence-electron chi connectivity index (χ4n) is 2.86.